The number of nitrogens with one attached hydrogen (secondary N) is 1. The first-order chi connectivity index (χ1) is 18.0. The van der Waals surface area contributed by atoms with E-state index in [4.69, 9.17) is 0 Å². The van der Waals surface area contributed by atoms with Crippen molar-refractivity contribution in [1.82, 2.24) is 24.5 Å². The number of anilines is 1. The van der Waals surface area contributed by atoms with Gasteiger partial charge >= 0.3 is 6.03 Å². The minimum atomic E-state index is -0.0451. The van der Waals surface area contributed by atoms with Crippen LogP contribution >= 0.6 is 0 Å². The molecular weight excluding hydrogens is 468 g/mol. The Bertz CT molecular complexity index is 962. The smallest absolute Gasteiger partial charge is 0.322 e. The molecule has 0 radical (unpaired) electrons. The predicted octanol–water partition coefficient (Wildman–Crippen LogP) is 2.09. The molecule has 3 saturated heterocycles. The minimum absolute atomic E-state index is 0.0451. The highest BCUT2D eigenvalue weighted by atomic mass is 16.2. The van der Waals surface area contributed by atoms with Crippen LogP contribution in [0.3, 0.4) is 0 Å². The molecule has 202 valence electrons. The van der Waals surface area contributed by atoms with Gasteiger partial charge in [0.2, 0.25) is 11.8 Å². The number of benzene rings is 1. The van der Waals surface area contributed by atoms with E-state index in [0.717, 1.165) is 64.2 Å². The molecule has 1 aromatic carbocycles. The standard InChI is InChI=1S/C28H42N6O3/c1-30-13-9-23(10-14-30)31-18-20-33(21-19-31)27(36)7-6-26(35)32-15-11-24(12-16-32)34-17-8-22-4-2-3-5-25(22)29-28(34)37/h2-5,23-24H,6-21H2,1H3,(H,29,37). The lowest BCUT2D eigenvalue weighted by Crippen LogP contribution is -2.54. The van der Waals surface area contributed by atoms with E-state index in [0.29, 0.717) is 32.1 Å². The summed E-state index contributed by atoms with van der Waals surface area (Å²) >= 11 is 0. The Labute approximate surface area is 220 Å². The fraction of sp³-hybridized carbons (Fsp3) is 0.679. The highest BCUT2D eigenvalue weighted by Gasteiger charge is 2.32. The molecule has 0 bridgehead atoms. The van der Waals surface area contributed by atoms with Crippen molar-refractivity contribution >= 4 is 23.5 Å². The first-order valence-corrected chi connectivity index (χ1v) is 14.1. The van der Waals surface area contributed by atoms with Crippen LogP contribution in [-0.4, -0.2) is 120 Å². The van der Waals surface area contributed by atoms with Crippen LogP contribution in [0.5, 0.6) is 0 Å². The second kappa shape index (κ2) is 11.8. The summed E-state index contributed by atoms with van der Waals surface area (Å²) in [5.74, 6) is 0.163. The van der Waals surface area contributed by atoms with Gasteiger partial charge in [0.25, 0.3) is 0 Å². The largest absolute Gasteiger partial charge is 0.343 e. The average Bonchev–Trinajstić information content (AvgIpc) is 3.10. The molecule has 0 aliphatic carbocycles. The van der Waals surface area contributed by atoms with E-state index < -0.39 is 0 Å². The number of rotatable bonds is 5. The molecular formula is C28H42N6O3. The lowest BCUT2D eigenvalue weighted by molar-refractivity contribution is -0.139. The summed E-state index contributed by atoms with van der Waals surface area (Å²) in [6.07, 6.45) is 5.39. The highest BCUT2D eigenvalue weighted by molar-refractivity contribution is 5.91. The molecule has 5 rings (SSSR count). The zero-order valence-electron chi connectivity index (χ0n) is 22.2. The van der Waals surface area contributed by atoms with Gasteiger partial charge in [-0.05, 0) is 63.9 Å². The van der Waals surface area contributed by atoms with Gasteiger partial charge in [0, 0.05) is 76.4 Å². The van der Waals surface area contributed by atoms with Crippen molar-refractivity contribution in [3.8, 4) is 0 Å². The van der Waals surface area contributed by atoms with Gasteiger partial charge in [-0.3, -0.25) is 14.5 Å². The van der Waals surface area contributed by atoms with Gasteiger partial charge in [0.15, 0.2) is 0 Å². The van der Waals surface area contributed by atoms with Crippen molar-refractivity contribution in [3.63, 3.8) is 0 Å². The first kappa shape index (κ1) is 26.0. The summed E-state index contributed by atoms with van der Waals surface area (Å²) in [6, 6.07) is 8.71. The third-order valence-electron chi connectivity index (χ3n) is 8.82. The summed E-state index contributed by atoms with van der Waals surface area (Å²) in [5.41, 5.74) is 2.06. The maximum atomic E-state index is 12.9. The summed E-state index contributed by atoms with van der Waals surface area (Å²) in [6.45, 7) is 7.71. The van der Waals surface area contributed by atoms with E-state index in [2.05, 4.69) is 28.2 Å². The number of carbonyl (C=O) groups is 3. The number of fused-ring (bicyclic) bond motifs is 1. The Hall–Kier alpha value is -2.65. The van der Waals surface area contributed by atoms with Crippen LogP contribution in [0.15, 0.2) is 24.3 Å². The van der Waals surface area contributed by atoms with Gasteiger partial charge in [-0.25, -0.2) is 4.79 Å². The molecule has 0 aromatic heterocycles. The quantitative estimate of drug-likeness (QED) is 0.656. The molecule has 0 atom stereocenters. The number of nitrogens with zero attached hydrogens (tertiary/aromatic N) is 5. The van der Waals surface area contributed by atoms with Gasteiger partial charge in [-0.15, -0.1) is 0 Å². The molecule has 9 heteroatoms. The lowest BCUT2D eigenvalue weighted by atomic mass is 10.0. The number of likely N-dealkylation sites (tertiary alicyclic amines) is 2. The fourth-order valence-corrected chi connectivity index (χ4v) is 6.39. The van der Waals surface area contributed by atoms with Gasteiger partial charge in [0.05, 0.1) is 0 Å². The van der Waals surface area contributed by atoms with Gasteiger partial charge in [-0.1, -0.05) is 18.2 Å². The third kappa shape index (κ3) is 6.26. The minimum Gasteiger partial charge on any atom is -0.343 e. The zero-order chi connectivity index (χ0) is 25.8. The van der Waals surface area contributed by atoms with Crippen molar-refractivity contribution in [2.24, 2.45) is 0 Å². The number of piperazine rings is 1. The number of hydrogen-bond donors (Lipinski definition) is 1. The van der Waals surface area contributed by atoms with Gasteiger partial charge in [-0.2, -0.15) is 0 Å². The summed E-state index contributed by atoms with van der Waals surface area (Å²) in [4.78, 5) is 49.2. The Morgan fingerprint density at radius 1 is 0.784 bits per heavy atom. The lowest BCUT2D eigenvalue weighted by Gasteiger charge is -2.42. The zero-order valence-corrected chi connectivity index (χ0v) is 22.2. The summed E-state index contributed by atoms with van der Waals surface area (Å²) in [7, 11) is 2.18. The Morgan fingerprint density at radius 2 is 1.38 bits per heavy atom. The predicted molar refractivity (Wildman–Crippen MR) is 143 cm³/mol. The number of hydrogen-bond acceptors (Lipinski definition) is 5. The number of para-hydroxylation sites is 1. The van der Waals surface area contributed by atoms with Crippen molar-refractivity contribution in [1.29, 1.82) is 0 Å². The van der Waals surface area contributed by atoms with E-state index in [1.807, 2.05) is 32.9 Å². The van der Waals surface area contributed by atoms with Crippen LogP contribution in [0, 0.1) is 0 Å². The molecule has 4 heterocycles. The molecule has 1 aromatic rings. The van der Waals surface area contributed by atoms with Crippen LogP contribution in [0.1, 0.15) is 44.1 Å². The van der Waals surface area contributed by atoms with E-state index in [-0.39, 0.29) is 30.3 Å². The summed E-state index contributed by atoms with van der Waals surface area (Å²) in [5, 5.41) is 3.05. The van der Waals surface area contributed by atoms with E-state index in [1.165, 1.54) is 18.4 Å². The second-order valence-electron chi connectivity index (χ2n) is 11.1. The topological polar surface area (TPSA) is 79.4 Å². The molecule has 3 fully saturated rings. The molecule has 1 N–H and O–H groups in total. The Morgan fingerprint density at radius 3 is 2.05 bits per heavy atom. The maximum Gasteiger partial charge on any atom is 0.322 e. The summed E-state index contributed by atoms with van der Waals surface area (Å²) < 4.78 is 0. The molecule has 4 aliphatic rings. The van der Waals surface area contributed by atoms with Crippen molar-refractivity contribution in [2.75, 3.05) is 71.3 Å². The normalized spacial score (nSPS) is 22.9. The molecule has 37 heavy (non-hydrogen) atoms. The molecule has 4 aliphatic heterocycles. The number of piperidine rings is 2. The average molecular weight is 511 g/mol. The monoisotopic (exact) mass is 510 g/mol. The van der Waals surface area contributed by atoms with Crippen molar-refractivity contribution < 1.29 is 14.4 Å². The van der Waals surface area contributed by atoms with Gasteiger partial charge in [0.1, 0.15) is 0 Å². The molecule has 0 unspecified atom stereocenters. The fourth-order valence-electron chi connectivity index (χ4n) is 6.39. The maximum absolute atomic E-state index is 12.9. The van der Waals surface area contributed by atoms with Crippen LogP contribution in [-0.2, 0) is 16.0 Å². The number of urea groups is 1. The van der Waals surface area contributed by atoms with Crippen molar-refractivity contribution in [2.45, 2.75) is 57.0 Å². The van der Waals surface area contributed by atoms with Crippen LogP contribution in [0.25, 0.3) is 0 Å². The molecule has 9 nitrogen and oxygen atoms in total. The first-order valence-electron chi connectivity index (χ1n) is 14.1. The van der Waals surface area contributed by atoms with E-state index in [1.54, 1.807) is 0 Å². The van der Waals surface area contributed by atoms with E-state index in [9.17, 15) is 14.4 Å². The molecule has 0 saturated carbocycles. The van der Waals surface area contributed by atoms with E-state index >= 15 is 0 Å². The Kier molecular flexibility index (Phi) is 8.30. The van der Waals surface area contributed by atoms with Crippen LogP contribution in [0.2, 0.25) is 0 Å². The van der Waals surface area contributed by atoms with Crippen LogP contribution < -0.4 is 5.32 Å². The van der Waals surface area contributed by atoms with Crippen LogP contribution in [0.4, 0.5) is 10.5 Å². The Balaban J connectivity index is 1.02. The van der Waals surface area contributed by atoms with Crippen molar-refractivity contribution in [3.05, 3.63) is 29.8 Å². The molecule has 0 spiro atoms. The number of amides is 4. The molecule has 4 amide bonds. The second-order valence-corrected chi connectivity index (χ2v) is 11.1. The SMILES string of the molecule is CN1CCC(N2CCN(C(=O)CCC(=O)N3CCC(N4CCc5ccccc5NC4=O)CC3)CC2)CC1. The van der Waals surface area contributed by atoms with Gasteiger partial charge < -0.3 is 24.9 Å². The highest BCUT2D eigenvalue weighted by Crippen LogP contribution is 2.25. The number of carbonyl (C=O) groups excluding carboxylic acids is 3. The third-order valence-corrected chi connectivity index (χ3v) is 8.82.